The van der Waals surface area contributed by atoms with Crippen molar-refractivity contribution in [2.75, 3.05) is 18.1 Å². The summed E-state index contributed by atoms with van der Waals surface area (Å²) < 4.78 is 6.04. The number of benzene rings is 1. The number of ether oxygens (including phenoxy) is 1. The van der Waals surface area contributed by atoms with Crippen LogP contribution in [0.3, 0.4) is 0 Å². The van der Waals surface area contributed by atoms with Gasteiger partial charge in [-0.05, 0) is 43.4 Å². The van der Waals surface area contributed by atoms with Crippen molar-refractivity contribution in [3.63, 3.8) is 0 Å². The fraction of sp³-hybridized carbons (Fsp3) is 0.632. The molecule has 1 aliphatic heterocycles. The molecule has 0 bridgehead atoms. The number of carbonyl (C=O) groups is 1. The van der Waals surface area contributed by atoms with Crippen LogP contribution in [0.25, 0.3) is 0 Å². The van der Waals surface area contributed by atoms with Crippen LogP contribution in [-0.2, 0) is 11.3 Å². The van der Waals surface area contributed by atoms with E-state index in [2.05, 4.69) is 10.6 Å². The highest BCUT2D eigenvalue weighted by Crippen LogP contribution is 2.23. The highest BCUT2D eigenvalue weighted by Gasteiger charge is 2.17. The second kappa shape index (κ2) is 10.9. The molecule has 1 amide bonds. The van der Waals surface area contributed by atoms with Gasteiger partial charge in [0.1, 0.15) is 5.75 Å². The summed E-state index contributed by atoms with van der Waals surface area (Å²) in [6.45, 7) is 1.59. The Balaban J connectivity index is 0.00000225. The lowest BCUT2D eigenvalue weighted by atomic mass is 9.98. The van der Waals surface area contributed by atoms with Gasteiger partial charge in [0.2, 0.25) is 5.91 Å². The summed E-state index contributed by atoms with van der Waals surface area (Å²) in [4.78, 5) is 12.0. The summed E-state index contributed by atoms with van der Waals surface area (Å²) in [6, 6.07) is 8.46. The number of thioether (sulfide) groups is 1. The second-order valence-electron chi connectivity index (χ2n) is 6.73. The Kier molecular flexibility index (Phi) is 8.93. The first-order chi connectivity index (χ1) is 11.8. The van der Waals surface area contributed by atoms with Gasteiger partial charge in [0.15, 0.2) is 0 Å². The van der Waals surface area contributed by atoms with Gasteiger partial charge in [-0.25, -0.2) is 0 Å². The van der Waals surface area contributed by atoms with Crippen molar-refractivity contribution in [1.29, 1.82) is 0 Å². The standard InChI is InChI=1S/C19H28N2O2S.ClH/c22-19(12-16-14-24-11-10-20-16)21-13-15-6-8-18(9-7-15)23-17-4-2-1-3-5-17;/h6-9,16-17,20H,1-5,10-14H2,(H,21,22);1H. The SMILES string of the molecule is Cl.O=C(CC1CSCCN1)NCc1ccc(OC2CCCCC2)cc1. The van der Waals surface area contributed by atoms with Crippen molar-refractivity contribution in [2.45, 2.75) is 57.2 Å². The third kappa shape index (κ3) is 7.08. The van der Waals surface area contributed by atoms with Gasteiger partial charge in [-0.3, -0.25) is 4.79 Å². The lowest BCUT2D eigenvalue weighted by Crippen LogP contribution is -2.41. The van der Waals surface area contributed by atoms with Crippen LogP contribution >= 0.6 is 24.2 Å². The molecular formula is C19H29ClN2O2S. The zero-order valence-corrected chi connectivity index (χ0v) is 16.3. The predicted molar refractivity (Wildman–Crippen MR) is 107 cm³/mol. The molecule has 1 atom stereocenters. The maximum Gasteiger partial charge on any atom is 0.221 e. The summed E-state index contributed by atoms with van der Waals surface area (Å²) in [7, 11) is 0. The molecule has 3 rings (SSSR count). The minimum Gasteiger partial charge on any atom is -0.490 e. The van der Waals surface area contributed by atoms with Gasteiger partial charge in [0.25, 0.3) is 0 Å². The molecule has 2 aliphatic rings. The van der Waals surface area contributed by atoms with E-state index >= 15 is 0 Å². The van der Waals surface area contributed by atoms with E-state index < -0.39 is 0 Å². The first-order valence-electron chi connectivity index (χ1n) is 9.13. The van der Waals surface area contributed by atoms with Gasteiger partial charge in [-0.1, -0.05) is 18.6 Å². The zero-order chi connectivity index (χ0) is 16.6. The topological polar surface area (TPSA) is 50.4 Å². The molecule has 0 aromatic heterocycles. The van der Waals surface area contributed by atoms with Crippen molar-refractivity contribution in [3.8, 4) is 5.75 Å². The monoisotopic (exact) mass is 384 g/mol. The second-order valence-corrected chi connectivity index (χ2v) is 7.88. The maximum atomic E-state index is 12.0. The van der Waals surface area contributed by atoms with Gasteiger partial charge in [0.05, 0.1) is 6.10 Å². The molecule has 1 aromatic carbocycles. The van der Waals surface area contributed by atoms with Gasteiger partial charge in [-0.15, -0.1) is 12.4 Å². The average Bonchev–Trinajstić information content (AvgIpc) is 2.63. The third-order valence-corrected chi connectivity index (χ3v) is 5.83. The Morgan fingerprint density at radius 2 is 1.96 bits per heavy atom. The number of hydrogen-bond acceptors (Lipinski definition) is 4. The molecular weight excluding hydrogens is 356 g/mol. The van der Waals surface area contributed by atoms with Crippen molar-refractivity contribution in [3.05, 3.63) is 29.8 Å². The first-order valence-corrected chi connectivity index (χ1v) is 10.3. The lowest BCUT2D eigenvalue weighted by molar-refractivity contribution is -0.121. The van der Waals surface area contributed by atoms with Gasteiger partial charge >= 0.3 is 0 Å². The van der Waals surface area contributed by atoms with Crippen LogP contribution in [0.15, 0.2) is 24.3 Å². The molecule has 1 unspecified atom stereocenters. The lowest BCUT2D eigenvalue weighted by Gasteiger charge is -2.23. The van der Waals surface area contributed by atoms with Crippen LogP contribution in [-0.4, -0.2) is 36.1 Å². The number of rotatable bonds is 6. The van der Waals surface area contributed by atoms with Crippen LogP contribution in [0, 0.1) is 0 Å². The van der Waals surface area contributed by atoms with Gasteiger partial charge in [-0.2, -0.15) is 11.8 Å². The van der Waals surface area contributed by atoms with Crippen molar-refractivity contribution in [1.82, 2.24) is 10.6 Å². The van der Waals surface area contributed by atoms with Gasteiger partial charge < -0.3 is 15.4 Å². The summed E-state index contributed by atoms with van der Waals surface area (Å²) in [6.07, 6.45) is 7.19. The fourth-order valence-electron chi connectivity index (χ4n) is 3.31. The quantitative estimate of drug-likeness (QED) is 0.787. The molecule has 1 saturated heterocycles. The molecule has 1 aliphatic carbocycles. The predicted octanol–water partition coefficient (Wildman–Crippen LogP) is 3.53. The average molecular weight is 385 g/mol. The molecule has 140 valence electrons. The van der Waals surface area contributed by atoms with Crippen molar-refractivity contribution in [2.24, 2.45) is 0 Å². The number of hydrogen-bond donors (Lipinski definition) is 2. The highest BCUT2D eigenvalue weighted by atomic mass is 35.5. The number of carbonyl (C=O) groups excluding carboxylic acids is 1. The Hall–Kier alpha value is -0.910. The van der Waals surface area contributed by atoms with E-state index in [9.17, 15) is 4.79 Å². The molecule has 6 heteroatoms. The fourth-order valence-corrected chi connectivity index (χ4v) is 4.26. The molecule has 1 heterocycles. The van der Waals surface area contributed by atoms with E-state index in [1.807, 2.05) is 36.0 Å². The minimum absolute atomic E-state index is 0. The van der Waals surface area contributed by atoms with Crippen LogP contribution in [0.2, 0.25) is 0 Å². The van der Waals surface area contributed by atoms with E-state index in [4.69, 9.17) is 4.74 Å². The van der Waals surface area contributed by atoms with E-state index in [-0.39, 0.29) is 18.3 Å². The van der Waals surface area contributed by atoms with Gasteiger partial charge in [0, 0.05) is 37.1 Å². The number of amides is 1. The summed E-state index contributed by atoms with van der Waals surface area (Å²) in [5, 5.41) is 6.41. The Bertz CT molecular complexity index is 515. The summed E-state index contributed by atoms with van der Waals surface area (Å²) >= 11 is 1.92. The molecule has 25 heavy (non-hydrogen) atoms. The number of halogens is 1. The van der Waals surface area contributed by atoms with E-state index in [1.54, 1.807) is 0 Å². The van der Waals surface area contributed by atoms with Crippen LogP contribution in [0.5, 0.6) is 5.75 Å². The van der Waals surface area contributed by atoms with E-state index in [0.717, 1.165) is 29.4 Å². The third-order valence-electron chi connectivity index (χ3n) is 4.70. The van der Waals surface area contributed by atoms with Crippen molar-refractivity contribution < 1.29 is 9.53 Å². The molecule has 2 N–H and O–H groups in total. The zero-order valence-electron chi connectivity index (χ0n) is 14.7. The van der Waals surface area contributed by atoms with Crippen LogP contribution < -0.4 is 15.4 Å². The molecule has 4 nitrogen and oxygen atoms in total. The maximum absolute atomic E-state index is 12.0. The van der Waals surface area contributed by atoms with Crippen LogP contribution in [0.1, 0.15) is 44.1 Å². The highest BCUT2D eigenvalue weighted by molar-refractivity contribution is 7.99. The minimum atomic E-state index is 0. The first kappa shape index (κ1) is 20.4. The van der Waals surface area contributed by atoms with Crippen molar-refractivity contribution >= 4 is 30.1 Å². The normalized spacial score (nSPS) is 21.2. The number of nitrogens with one attached hydrogen (secondary N) is 2. The van der Waals surface area contributed by atoms with Crippen LogP contribution in [0.4, 0.5) is 0 Å². The molecule has 2 fully saturated rings. The molecule has 1 saturated carbocycles. The summed E-state index contributed by atoms with van der Waals surface area (Å²) in [5.74, 6) is 3.24. The Morgan fingerprint density at radius 3 is 2.64 bits per heavy atom. The molecule has 1 aromatic rings. The Labute approximate surface area is 161 Å². The van der Waals surface area contributed by atoms with E-state index in [0.29, 0.717) is 25.1 Å². The Morgan fingerprint density at radius 1 is 1.20 bits per heavy atom. The molecule has 0 spiro atoms. The van der Waals surface area contributed by atoms with E-state index in [1.165, 1.54) is 32.1 Å². The summed E-state index contributed by atoms with van der Waals surface area (Å²) in [5.41, 5.74) is 1.12. The largest absolute Gasteiger partial charge is 0.490 e. The molecule has 0 radical (unpaired) electrons. The smallest absolute Gasteiger partial charge is 0.221 e.